The largest absolute Gasteiger partial charge is 0.308 e. The molecule has 0 fully saturated rings. The molecular weight excluding hydrogens is 184 g/mol. The fourth-order valence-electron chi connectivity index (χ4n) is 1.71. The lowest BCUT2D eigenvalue weighted by atomic mass is 9.96. The third-order valence-corrected chi connectivity index (χ3v) is 2.42. The van der Waals surface area contributed by atoms with Gasteiger partial charge in [-0.15, -0.1) is 0 Å². The van der Waals surface area contributed by atoms with Crippen molar-refractivity contribution in [3.63, 3.8) is 0 Å². The van der Waals surface area contributed by atoms with Crippen LogP contribution in [0.4, 0.5) is 8.78 Å². The van der Waals surface area contributed by atoms with E-state index in [-0.39, 0.29) is 0 Å². The van der Waals surface area contributed by atoms with Crippen molar-refractivity contribution >= 4 is 0 Å². The molecule has 1 rings (SSSR count). The van der Waals surface area contributed by atoms with Crippen molar-refractivity contribution in [3.05, 3.63) is 34.9 Å². The maximum absolute atomic E-state index is 12.7. The molecule has 0 saturated carbocycles. The van der Waals surface area contributed by atoms with Crippen molar-refractivity contribution in [1.82, 2.24) is 5.32 Å². The van der Waals surface area contributed by atoms with Gasteiger partial charge in [0.2, 0.25) is 0 Å². The van der Waals surface area contributed by atoms with Gasteiger partial charge >= 0.3 is 0 Å². The Balaban J connectivity index is 3.15. The van der Waals surface area contributed by atoms with Crippen LogP contribution in [-0.4, -0.2) is 13.5 Å². The Morgan fingerprint density at radius 1 is 1.14 bits per heavy atom. The Morgan fingerprint density at radius 2 is 1.64 bits per heavy atom. The molecular formula is C11H15F2N. The molecule has 0 heterocycles. The van der Waals surface area contributed by atoms with Gasteiger partial charge in [0, 0.05) is 0 Å². The molecule has 0 bridgehead atoms. The van der Waals surface area contributed by atoms with E-state index in [1.807, 2.05) is 32.0 Å². The highest BCUT2D eigenvalue weighted by molar-refractivity contribution is 5.36. The zero-order chi connectivity index (χ0) is 10.7. The molecule has 0 radical (unpaired) electrons. The lowest BCUT2D eigenvalue weighted by Crippen LogP contribution is -2.25. The van der Waals surface area contributed by atoms with Crippen LogP contribution in [0.5, 0.6) is 0 Å². The second kappa shape index (κ2) is 4.51. The summed E-state index contributed by atoms with van der Waals surface area (Å²) in [5, 5.41) is 2.65. The van der Waals surface area contributed by atoms with Gasteiger partial charge < -0.3 is 5.32 Å². The molecule has 78 valence electrons. The quantitative estimate of drug-likeness (QED) is 0.789. The average Bonchev–Trinajstić information content (AvgIpc) is 2.10. The maximum Gasteiger partial charge on any atom is 0.257 e. The second-order valence-electron chi connectivity index (χ2n) is 3.41. The van der Waals surface area contributed by atoms with Gasteiger partial charge in [0.05, 0.1) is 6.04 Å². The molecule has 1 N–H and O–H groups in total. The highest BCUT2D eigenvalue weighted by Gasteiger charge is 2.23. The molecule has 0 spiro atoms. The molecule has 1 unspecified atom stereocenters. The van der Waals surface area contributed by atoms with E-state index < -0.39 is 12.5 Å². The summed E-state index contributed by atoms with van der Waals surface area (Å²) in [4.78, 5) is 0. The summed E-state index contributed by atoms with van der Waals surface area (Å²) in [7, 11) is 1.56. The lowest BCUT2D eigenvalue weighted by Gasteiger charge is -2.20. The molecule has 1 atom stereocenters. The molecule has 1 aromatic rings. The molecule has 0 aliphatic rings. The van der Waals surface area contributed by atoms with Crippen LogP contribution in [0.2, 0.25) is 0 Å². The second-order valence-corrected chi connectivity index (χ2v) is 3.41. The summed E-state index contributed by atoms with van der Waals surface area (Å²) in [5.74, 6) is 0. The third-order valence-electron chi connectivity index (χ3n) is 2.42. The maximum atomic E-state index is 12.7. The van der Waals surface area contributed by atoms with E-state index >= 15 is 0 Å². The van der Waals surface area contributed by atoms with Crippen LogP contribution in [0.15, 0.2) is 18.2 Å². The van der Waals surface area contributed by atoms with Crippen molar-refractivity contribution in [2.45, 2.75) is 26.3 Å². The minimum Gasteiger partial charge on any atom is -0.308 e. The van der Waals surface area contributed by atoms with Gasteiger partial charge in [0.15, 0.2) is 0 Å². The first kappa shape index (κ1) is 11.1. The molecule has 14 heavy (non-hydrogen) atoms. The molecule has 0 aliphatic heterocycles. The predicted octanol–water partition coefficient (Wildman–Crippen LogP) is 2.83. The number of hydrogen-bond acceptors (Lipinski definition) is 1. The van der Waals surface area contributed by atoms with E-state index in [9.17, 15) is 8.78 Å². The Morgan fingerprint density at radius 3 is 2.00 bits per heavy atom. The minimum atomic E-state index is -2.38. The number of benzene rings is 1. The van der Waals surface area contributed by atoms with Crippen LogP contribution in [0.25, 0.3) is 0 Å². The van der Waals surface area contributed by atoms with E-state index in [4.69, 9.17) is 0 Å². The van der Waals surface area contributed by atoms with Crippen LogP contribution in [0.1, 0.15) is 22.7 Å². The van der Waals surface area contributed by atoms with Crippen LogP contribution < -0.4 is 5.32 Å². The summed E-state index contributed by atoms with van der Waals surface area (Å²) >= 11 is 0. The number of halogens is 2. The smallest absolute Gasteiger partial charge is 0.257 e. The number of aryl methyl sites for hydroxylation is 2. The zero-order valence-corrected chi connectivity index (χ0v) is 8.64. The molecule has 1 aromatic carbocycles. The predicted molar refractivity (Wildman–Crippen MR) is 53.7 cm³/mol. The monoisotopic (exact) mass is 199 g/mol. The summed E-state index contributed by atoms with van der Waals surface area (Å²) in [6.45, 7) is 3.71. The lowest BCUT2D eigenvalue weighted by molar-refractivity contribution is 0.102. The van der Waals surface area contributed by atoms with Gasteiger partial charge in [0.25, 0.3) is 6.43 Å². The SMILES string of the molecule is CNC(c1c(C)cccc1C)C(F)F. The summed E-state index contributed by atoms with van der Waals surface area (Å²) in [6, 6.07) is 4.73. The van der Waals surface area contributed by atoms with Crippen molar-refractivity contribution in [1.29, 1.82) is 0 Å². The summed E-state index contributed by atoms with van der Waals surface area (Å²) in [6.07, 6.45) is -2.38. The number of nitrogens with one attached hydrogen (secondary N) is 1. The van der Waals surface area contributed by atoms with E-state index in [0.717, 1.165) is 11.1 Å². The van der Waals surface area contributed by atoms with Gasteiger partial charge in [-0.1, -0.05) is 18.2 Å². The molecule has 0 amide bonds. The number of rotatable bonds is 3. The first-order valence-electron chi connectivity index (χ1n) is 4.59. The van der Waals surface area contributed by atoms with Crippen LogP contribution >= 0.6 is 0 Å². The van der Waals surface area contributed by atoms with Gasteiger partial charge in [-0.25, -0.2) is 8.78 Å². The molecule has 0 aliphatic carbocycles. The normalized spacial score (nSPS) is 13.3. The summed E-state index contributed by atoms with van der Waals surface area (Å²) < 4.78 is 25.4. The molecule has 1 nitrogen and oxygen atoms in total. The Kier molecular flexibility index (Phi) is 3.58. The van der Waals surface area contributed by atoms with E-state index in [2.05, 4.69) is 5.32 Å². The van der Waals surface area contributed by atoms with Gasteiger partial charge in [-0.2, -0.15) is 0 Å². The molecule has 3 heteroatoms. The first-order valence-corrected chi connectivity index (χ1v) is 4.59. The summed E-state index contributed by atoms with van der Waals surface area (Å²) in [5.41, 5.74) is 2.53. The molecule has 0 saturated heterocycles. The first-order chi connectivity index (χ1) is 6.57. The van der Waals surface area contributed by atoms with E-state index in [1.165, 1.54) is 0 Å². The Labute approximate surface area is 83.1 Å². The topological polar surface area (TPSA) is 12.0 Å². The van der Waals surface area contributed by atoms with Gasteiger partial charge in [-0.05, 0) is 37.6 Å². The Hall–Kier alpha value is -0.960. The molecule has 0 aromatic heterocycles. The number of hydrogen-bond donors (Lipinski definition) is 1. The van der Waals surface area contributed by atoms with Gasteiger partial charge in [-0.3, -0.25) is 0 Å². The third kappa shape index (κ3) is 2.10. The van der Waals surface area contributed by atoms with Crippen LogP contribution in [0, 0.1) is 13.8 Å². The van der Waals surface area contributed by atoms with Crippen molar-refractivity contribution in [2.75, 3.05) is 7.05 Å². The fourth-order valence-corrected chi connectivity index (χ4v) is 1.71. The standard InChI is InChI=1S/C11H15F2N/c1-7-5-4-6-8(2)9(7)10(14-3)11(12)13/h4-6,10-11,14H,1-3H3. The highest BCUT2D eigenvalue weighted by Crippen LogP contribution is 2.26. The van der Waals surface area contributed by atoms with Crippen molar-refractivity contribution in [2.24, 2.45) is 0 Å². The minimum absolute atomic E-state index is 0.713. The van der Waals surface area contributed by atoms with E-state index in [1.54, 1.807) is 7.05 Å². The fraction of sp³-hybridized carbons (Fsp3) is 0.455. The highest BCUT2D eigenvalue weighted by atomic mass is 19.3. The van der Waals surface area contributed by atoms with Crippen LogP contribution in [0.3, 0.4) is 0 Å². The van der Waals surface area contributed by atoms with E-state index in [0.29, 0.717) is 5.56 Å². The Bertz CT molecular complexity index is 290. The van der Waals surface area contributed by atoms with Crippen molar-refractivity contribution < 1.29 is 8.78 Å². The van der Waals surface area contributed by atoms with Gasteiger partial charge in [0.1, 0.15) is 0 Å². The average molecular weight is 199 g/mol. The number of alkyl halides is 2. The van der Waals surface area contributed by atoms with Crippen molar-refractivity contribution in [3.8, 4) is 0 Å². The van der Waals surface area contributed by atoms with Crippen LogP contribution in [-0.2, 0) is 0 Å². The zero-order valence-electron chi connectivity index (χ0n) is 8.64.